The van der Waals surface area contributed by atoms with E-state index >= 15 is 0 Å². The number of nitrogens with zero attached hydrogens (tertiary/aromatic N) is 1. The van der Waals surface area contributed by atoms with Crippen LogP contribution in [0.2, 0.25) is 0 Å². The molecule has 0 saturated heterocycles. The molecule has 1 aliphatic rings. The van der Waals surface area contributed by atoms with Crippen LogP contribution in [-0.4, -0.2) is 12.1 Å². The van der Waals surface area contributed by atoms with Gasteiger partial charge in [-0.2, -0.15) is 5.26 Å². The first-order valence-corrected chi connectivity index (χ1v) is 6.76. The Bertz CT molecular complexity index is 470. The zero-order valence-electron chi connectivity index (χ0n) is 10.9. The lowest BCUT2D eigenvalue weighted by Gasteiger charge is -2.21. The maximum Gasteiger partial charge on any atom is 0.140 e. The van der Waals surface area contributed by atoms with Crippen molar-refractivity contribution in [2.45, 2.75) is 50.9 Å². The van der Waals surface area contributed by atoms with Crippen LogP contribution in [-0.2, 0) is 11.3 Å². The summed E-state index contributed by atoms with van der Waals surface area (Å²) in [7, 11) is 0. The molecule has 1 aromatic carbocycles. The van der Waals surface area contributed by atoms with Crippen LogP contribution in [0.4, 0.5) is 4.39 Å². The van der Waals surface area contributed by atoms with Gasteiger partial charge in [-0.3, -0.25) is 0 Å². The number of halogens is 1. The minimum absolute atomic E-state index is 0.0614. The van der Waals surface area contributed by atoms with Gasteiger partial charge in [0.1, 0.15) is 11.9 Å². The highest BCUT2D eigenvalue weighted by Gasteiger charge is 2.20. The summed E-state index contributed by atoms with van der Waals surface area (Å²) in [6, 6.07) is 6.42. The molecule has 1 saturated carbocycles. The molecule has 0 bridgehead atoms. The number of hydrogen-bond donors (Lipinski definition) is 1. The van der Waals surface area contributed by atoms with Gasteiger partial charge in [0, 0.05) is 6.04 Å². The fraction of sp³-hybridized carbons (Fsp3) is 0.533. The smallest absolute Gasteiger partial charge is 0.140 e. The van der Waals surface area contributed by atoms with Gasteiger partial charge in [-0.05, 0) is 30.5 Å². The number of benzene rings is 1. The Hall–Kier alpha value is -1.44. The SMILES string of the molecule is N#Cc1cc(COC2CCCCCC2N)ccc1F. The Kier molecular flexibility index (Phi) is 4.89. The van der Waals surface area contributed by atoms with Crippen LogP contribution in [0.5, 0.6) is 0 Å². The fourth-order valence-corrected chi connectivity index (χ4v) is 2.46. The molecule has 1 aromatic rings. The van der Waals surface area contributed by atoms with Gasteiger partial charge in [0.15, 0.2) is 0 Å². The predicted molar refractivity (Wildman–Crippen MR) is 70.8 cm³/mol. The van der Waals surface area contributed by atoms with Gasteiger partial charge in [-0.15, -0.1) is 0 Å². The van der Waals surface area contributed by atoms with E-state index in [4.69, 9.17) is 15.7 Å². The number of rotatable bonds is 3. The molecule has 2 rings (SSSR count). The van der Waals surface area contributed by atoms with E-state index in [1.165, 1.54) is 18.6 Å². The van der Waals surface area contributed by atoms with Crippen molar-refractivity contribution in [2.75, 3.05) is 0 Å². The summed E-state index contributed by atoms with van der Waals surface area (Å²) in [6.07, 6.45) is 5.56. The van der Waals surface area contributed by atoms with Crippen molar-refractivity contribution in [2.24, 2.45) is 5.73 Å². The molecule has 3 nitrogen and oxygen atoms in total. The number of nitrogens with two attached hydrogens (primary N) is 1. The van der Waals surface area contributed by atoms with Crippen molar-refractivity contribution in [3.8, 4) is 6.07 Å². The van der Waals surface area contributed by atoms with Crippen molar-refractivity contribution in [1.82, 2.24) is 0 Å². The molecule has 1 aliphatic carbocycles. The number of nitriles is 1. The molecular weight excluding hydrogens is 243 g/mol. The molecule has 0 radical (unpaired) electrons. The lowest BCUT2D eigenvalue weighted by Crippen LogP contribution is -2.35. The highest BCUT2D eigenvalue weighted by molar-refractivity contribution is 5.34. The molecule has 2 atom stereocenters. The van der Waals surface area contributed by atoms with Crippen LogP contribution in [0.1, 0.15) is 43.2 Å². The molecule has 2 N–H and O–H groups in total. The van der Waals surface area contributed by atoms with E-state index in [0.29, 0.717) is 6.61 Å². The van der Waals surface area contributed by atoms with Gasteiger partial charge in [0.05, 0.1) is 18.3 Å². The number of ether oxygens (including phenoxy) is 1. The highest BCUT2D eigenvalue weighted by atomic mass is 19.1. The summed E-state index contributed by atoms with van der Waals surface area (Å²) in [5.74, 6) is -0.489. The molecule has 0 heterocycles. The van der Waals surface area contributed by atoms with Crippen LogP contribution in [0.15, 0.2) is 18.2 Å². The summed E-state index contributed by atoms with van der Waals surface area (Å²) in [5.41, 5.74) is 6.96. The van der Waals surface area contributed by atoms with Gasteiger partial charge < -0.3 is 10.5 Å². The highest BCUT2D eigenvalue weighted by Crippen LogP contribution is 2.21. The fourth-order valence-electron chi connectivity index (χ4n) is 2.46. The van der Waals surface area contributed by atoms with Crippen LogP contribution in [0, 0.1) is 17.1 Å². The summed E-state index contributed by atoms with van der Waals surface area (Å²) < 4.78 is 19.0. The molecule has 102 valence electrons. The van der Waals surface area contributed by atoms with Gasteiger partial charge in [0.2, 0.25) is 0 Å². The average Bonchev–Trinajstić information content (AvgIpc) is 2.62. The maximum atomic E-state index is 13.2. The van der Waals surface area contributed by atoms with E-state index in [1.54, 1.807) is 6.07 Å². The van der Waals surface area contributed by atoms with Crippen LogP contribution < -0.4 is 5.73 Å². The summed E-state index contributed by atoms with van der Waals surface area (Å²) in [6.45, 7) is 0.382. The standard InChI is InChI=1S/C15H19FN2O/c16-13-7-6-11(8-12(13)9-17)10-19-15-5-3-1-2-4-14(15)18/h6-8,14-15H,1-5,10,18H2. The molecule has 19 heavy (non-hydrogen) atoms. The van der Waals surface area contributed by atoms with Crippen LogP contribution >= 0.6 is 0 Å². The Balaban J connectivity index is 1.96. The van der Waals surface area contributed by atoms with Crippen molar-refractivity contribution in [3.63, 3.8) is 0 Å². The molecular formula is C15H19FN2O. The lowest BCUT2D eigenvalue weighted by atomic mass is 10.1. The Morgan fingerprint density at radius 3 is 2.89 bits per heavy atom. The monoisotopic (exact) mass is 262 g/mol. The van der Waals surface area contributed by atoms with Crippen molar-refractivity contribution in [3.05, 3.63) is 35.1 Å². The van der Waals surface area contributed by atoms with E-state index in [-0.39, 0.29) is 17.7 Å². The van der Waals surface area contributed by atoms with Gasteiger partial charge in [0.25, 0.3) is 0 Å². The minimum Gasteiger partial charge on any atom is -0.372 e. The maximum absolute atomic E-state index is 13.2. The summed E-state index contributed by atoms with van der Waals surface area (Å²) in [4.78, 5) is 0. The van der Waals surface area contributed by atoms with Crippen LogP contribution in [0.25, 0.3) is 0 Å². The molecule has 0 aliphatic heterocycles. The van der Waals surface area contributed by atoms with Crippen molar-refractivity contribution < 1.29 is 9.13 Å². The summed E-state index contributed by atoms with van der Waals surface area (Å²) >= 11 is 0. The van der Waals surface area contributed by atoms with Gasteiger partial charge in [-0.1, -0.05) is 25.3 Å². The van der Waals surface area contributed by atoms with E-state index in [1.807, 2.05) is 6.07 Å². The Morgan fingerprint density at radius 2 is 2.11 bits per heavy atom. The van der Waals surface area contributed by atoms with E-state index < -0.39 is 5.82 Å². The second-order valence-electron chi connectivity index (χ2n) is 5.08. The zero-order chi connectivity index (χ0) is 13.7. The molecule has 0 spiro atoms. The molecule has 1 fully saturated rings. The second-order valence-corrected chi connectivity index (χ2v) is 5.08. The molecule has 0 amide bonds. The third-order valence-corrected chi connectivity index (χ3v) is 3.62. The predicted octanol–water partition coefficient (Wildman–Crippen LogP) is 2.87. The molecule has 2 unspecified atom stereocenters. The Morgan fingerprint density at radius 1 is 1.32 bits per heavy atom. The first-order valence-electron chi connectivity index (χ1n) is 6.76. The average molecular weight is 262 g/mol. The first-order chi connectivity index (χ1) is 9.20. The lowest BCUT2D eigenvalue weighted by molar-refractivity contribution is 0.0194. The second kappa shape index (κ2) is 6.65. The normalized spacial score (nSPS) is 23.6. The third-order valence-electron chi connectivity index (χ3n) is 3.62. The van der Waals surface area contributed by atoms with E-state index in [2.05, 4.69) is 0 Å². The number of hydrogen-bond acceptors (Lipinski definition) is 3. The Labute approximate surface area is 113 Å². The molecule has 0 aromatic heterocycles. The van der Waals surface area contributed by atoms with Crippen molar-refractivity contribution in [1.29, 1.82) is 5.26 Å². The zero-order valence-corrected chi connectivity index (χ0v) is 10.9. The minimum atomic E-state index is -0.489. The van der Waals surface area contributed by atoms with Gasteiger partial charge in [-0.25, -0.2) is 4.39 Å². The van der Waals surface area contributed by atoms with Crippen molar-refractivity contribution >= 4 is 0 Å². The third kappa shape index (κ3) is 3.76. The topological polar surface area (TPSA) is 59.0 Å². The largest absolute Gasteiger partial charge is 0.372 e. The van der Waals surface area contributed by atoms with Gasteiger partial charge >= 0.3 is 0 Å². The quantitative estimate of drug-likeness (QED) is 0.852. The summed E-state index contributed by atoms with van der Waals surface area (Å²) in [5, 5.41) is 8.79. The van der Waals surface area contributed by atoms with E-state index in [0.717, 1.165) is 31.2 Å². The van der Waals surface area contributed by atoms with E-state index in [9.17, 15) is 4.39 Å². The molecule has 4 heteroatoms. The van der Waals surface area contributed by atoms with Crippen LogP contribution in [0.3, 0.4) is 0 Å². The first kappa shape index (κ1) is 14.0.